The van der Waals surface area contributed by atoms with Gasteiger partial charge in [0, 0.05) is 12.6 Å². The number of hydrogen-bond acceptors (Lipinski definition) is 4. The monoisotopic (exact) mass is 484 g/mol. The fourth-order valence-electron chi connectivity index (χ4n) is 6.20. The highest BCUT2D eigenvalue weighted by Crippen LogP contribution is 2.35. The molecule has 1 atom stereocenters. The summed E-state index contributed by atoms with van der Waals surface area (Å²) in [5.41, 5.74) is 0.935. The Labute approximate surface area is 207 Å². The summed E-state index contributed by atoms with van der Waals surface area (Å²) in [7, 11) is 0. The number of rotatable bonds is 6. The van der Waals surface area contributed by atoms with Gasteiger partial charge in [0.15, 0.2) is 0 Å². The SMILES string of the molecule is C[C@@]1(C(=O)NC2CCCCCCC2)Cn2c(cc3sccc32)C(=O)N1CCCN1CCCCC1. The lowest BCUT2D eigenvalue weighted by Gasteiger charge is -2.45. The number of aromatic nitrogens is 1. The maximum Gasteiger partial charge on any atom is 0.271 e. The summed E-state index contributed by atoms with van der Waals surface area (Å²) in [5.74, 6) is 0.0238. The minimum Gasteiger partial charge on any atom is -0.351 e. The lowest BCUT2D eigenvalue weighted by atomic mass is 9.92. The van der Waals surface area contributed by atoms with Crippen LogP contribution < -0.4 is 5.32 Å². The summed E-state index contributed by atoms with van der Waals surface area (Å²) in [5, 5.41) is 5.47. The molecule has 7 heteroatoms. The summed E-state index contributed by atoms with van der Waals surface area (Å²) in [6.07, 6.45) is 13.1. The number of nitrogens with one attached hydrogen (secondary N) is 1. The molecule has 4 heterocycles. The molecule has 6 nitrogen and oxygen atoms in total. The van der Waals surface area contributed by atoms with Crippen molar-refractivity contribution in [3.8, 4) is 0 Å². The molecule has 2 aliphatic heterocycles. The standard InChI is InChI=1S/C27H40N4O2S/c1-27(26(33)28-21-11-6-3-2-4-7-12-21)20-30-22-13-18-34-24(22)19-23(30)25(32)31(27)17-10-16-29-14-8-5-9-15-29/h13,18-19,21H,2-12,14-17,20H2,1H3,(H,28,33)/t27-/m0/s1. The number of amides is 2. The second kappa shape index (κ2) is 10.4. The molecule has 0 unspecified atom stereocenters. The van der Waals surface area contributed by atoms with Crippen LogP contribution in [0.3, 0.4) is 0 Å². The van der Waals surface area contributed by atoms with Crippen LogP contribution in [0.25, 0.3) is 10.2 Å². The first-order chi connectivity index (χ1) is 16.6. The van der Waals surface area contributed by atoms with E-state index >= 15 is 0 Å². The third-order valence-electron chi connectivity index (χ3n) is 8.28. The van der Waals surface area contributed by atoms with Gasteiger partial charge in [0.1, 0.15) is 11.2 Å². The van der Waals surface area contributed by atoms with Crippen LogP contribution in [0.5, 0.6) is 0 Å². The van der Waals surface area contributed by atoms with Crippen LogP contribution in [0.4, 0.5) is 0 Å². The summed E-state index contributed by atoms with van der Waals surface area (Å²) < 4.78 is 3.22. The molecule has 1 saturated carbocycles. The number of thiophene rings is 1. The van der Waals surface area contributed by atoms with Crippen molar-refractivity contribution in [2.45, 2.75) is 95.7 Å². The highest BCUT2D eigenvalue weighted by molar-refractivity contribution is 7.17. The quantitative estimate of drug-likeness (QED) is 0.626. The Morgan fingerprint density at radius 3 is 2.53 bits per heavy atom. The number of nitrogens with zero attached hydrogens (tertiary/aromatic N) is 3. The number of hydrogen-bond donors (Lipinski definition) is 1. The smallest absolute Gasteiger partial charge is 0.271 e. The lowest BCUT2D eigenvalue weighted by molar-refractivity contribution is -0.133. The van der Waals surface area contributed by atoms with Crippen LogP contribution in [0.1, 0.15) is 88.0 Å². The molecular formula is C27H40N4O2S. The molecule has 5 rings (SSSR count). The van der Waals surface area contributed by atoms with E-state index in [9.17, 15) is 9.59 Å². The Balaban J connectivity index is 1.36. The predicted molar refractivity (Wildman–Crippen MR) is 138 cm³/mol. The zero-order chi connectivity index (χ0) is 23.5. The van der Waals surface area contributed by atoms with E-state index in [2.05, 4.69) is 26.2 Å². The zero-order valence-corrected chi connectivity index (χ0v) is 21.5. The van der Waals surface area contributed by atoms with Gasteiger partial charge in [-0.2, -0.15) is 0 Å². The maximum absolute atomic E-state index is 13.9. The second-order valence-corrected chi connectivity index (χ2v) is 11.7. The Bertz CT molecular complexity index is 1000. The largest absolute Gasteiger partial charge is 0.351 e. The van der Waals surface area contributed by atoms with E-state index < -0.39 is 5.54 Å². The van der Waals surface area contributed by atoms with Gasteiger partial charge in [-0.1, -0.05) is 38.5 Å². The first-order valence-corrected chi connectivity index (χ1v) is 14.4. The average molecular weight is 485 g/mol. The van der Waals surface area contributed by atoms with E-state index in [0.717, 1.165) is 54.8 Å². The van der Waals surface area contributed by atoms with Gasteiger partial charge < -0.3 is 19.7 Å². The van der Waals surface area contributed by atoms with Gasteiger partial charge in [-0.05, 0) is 76.2 Å². The first-order valence-electron chi connectivity index (χ1n) is 13.5. The van der Waals surface area contributed by atoms with Crippen LogP contribution in [-0.2, 0) is 11.3 Å². The fraction of sp³-hybridized carbons (Fsp3) is 0.704. The van der Waals surface area contributed by atoms with Gasteiger partial charge in [-0.25, -0.2) is 0 Å². The Morgan fingerprint density at radius 2 is 1.76 bits per heavy atom. The molecule has 2 fully saturated rings. The summed E-state index contributed by atoms with van der Waals surface area (Å²) in [6.45, 7) is 6.46. The van der Waals surface area contributed by atoms with E-state index in [4.69, 9.17) is 0 Å². The average Bonchev–Trinajstić information content (AvgIpc) is 3.41. The molecular weight excluding hydrogens is 444 g/mol. The van der Waals surface area contributed by atoms with E-state index in [-0.39, 0.29) is 17.9 Å². The Hall–Kier alpha value is -1.86. The minimum atomic E-state index is -0.873. The molecule has 0 radical (unpaired) electrons. The topological polar surface area (TPSA) is 57.6 Å². The molecule has 3 aliphatic rings. The molecule has 2 aromatic heterocycles. The third-order valence-corrected chi connectivity index (χ3v) is 9.14. The van der Waals surface area contributed by atoms with Gasteiger partial charge >= 0.3 is 0 Å². The molecule has 34 heavy (non-hydrogen) atoms. The molecule has 0 spiro atoms. The van der Waals surface area contributed by atoms with Gasteiger partial charge in [0.25, 0.3) is 5.91 Å². The number of carbonyl (C=O) groups excluding carboxylic acids is 2. The highest BCUT2D eigenvalue weighted by Gasteiger charge is 2.48. The zero-order valence-electron chi connectivity index (χ0n) is 20.7. The van der Waals surface area contributed by atoms with E-state index in [1.54, 1.807) is 11.3 Å². The van der Waals surface area contributed by atoms with Crippen molar-refractivity contribution in [2.75, 3.05) is 26.2 Å². The van der Waals surface area contributed by atoms with E-state index in [1.165, 1.54) is 51.4 Å². The van der Waals surface area contributed by atoms with Crippen LogP contribution in [0.15, 0.2) is 17.5 Å². The number of fused-ring (bicyclic) bond motifs is 3. The van der Waals surface area contributed by atoms with Crippen LogP contribution in [0, 0.1) is 0 Å². The van der Waals surface area contributed by atoms with Crippen molar-refractivity contribution >= 4 is 33.4 Å². The van der Waals surface area contributed by atoms with Crippen molar-refractivity contribution in [1.82, 2.24) is 19.7 Å². The Morgan fingerprint density at radius 1 is 1.06 bits per heavy atom. The van der Waals surface area contributed by atoms with Gasteiger partial charge in [-0.3, -0.25) is 9.59 Å². The number of likely N-dealkylation sites (tertiary alicyclic amines) is 1. The first kappa shape index (κ1) is 23.9. The third kappa shape index (κ3) is 4.78. The van der Waals surface area contributed by atoms with Gasteiger partial charge in [0.2, 0.25) is 5.91 Å². The Kier molecular flexibility index (Phi) is 7.30. The second-order valence-electron chi connectivity index (χ2n) is 10.8. The van der Waals surface area contributed by atoms with Crippen LogP contribution in [0.2, 0.25) is 0 Å². The van der Waals surface area contributed by atoms with Crippen molar-refractivity contribution < 1.29 is 9.59 Å². The normalized spacial score (nSPS) is 25.2. The highest BCUT2D eigenvalue weighted by atomic mass is 32.1. The molecule has 186 valence electrons. The summed E-state index contributed by atoms with van der Waals surface area (Å²) >= 11 is 1.66. The number of piperidine rings is 1. The van der Waals surface area contributed by atoms with Gasteiger partial charge in [-0.15, -0.1) is 11.3 Å². The molecule has 1 N–H and O–H groups in total. The molecule has 2 amide bonds. The molecule has 0 aromatic carbocycles. The maximum atomic E-state index is 13.9. The van der Waals surface area contributed by atoms with Crippen molar-refractivity contribution in [3.05, 3.63) is 23.2 Å². The van der Waals surface area contributed by atoms with Crippen molar-refractivity contribution in [3.63, 3.8) is 0 Å². The predicted octanol–water partition coefficient (Wildman–Crippen LogP) is 5.02. The molecule has 1 aliphatic carbocycles. The van der Waals surface area contributed by atoms with Crippen molar-refractivity contribution in [1.29, 1.82) is 0 Å². The van der Waals surface area contributed by atoms with E-state index in [1.807, 2.05) is 17.9 Å². The lowest BCUT2D eigenvalue weighted by Crippen LogP contribution is -2.65. The fourth-order valence-corrected chi connectivity index (χ4v) is 7.02. The van der Waals surface area contributed by atoms with Gasteiger partial charge in [0.05, 0.1) is 16.8 Å². The summed E-state index contributed by atoms with van der Waals surface area (Å²) in [6, 6.07) is 4.32. The summed E-state index contributed by atoms with van der Waals surface area (Å²) in [4.78, 5) is 32.1. The molecule has 2 aromatic rings. The number of carbonyl (C=O) groups is 2. The molecule has 0 bridgehead atoms. The van der Waals surface area contributed by atoms with Crippen molar-refractivity contribution in [2.24, 2.45) is 0 Å². The van der Waals surface area contributed by atoms with Crippen LogP contribution in [-0.4, -0.2) is 63.9 Å². The molecule has 1 saturated heterocycles. The van der Waals surface area contributed by atoms with E-state index in [0.29, 0.717) is 13.1 Å². The minimum absolute atomic E-state index is 0.00334. The van der Waals surface area contributed by atoms with Crippen LogP contribution >= 0.6 is 11.3 Å².